The Kier molecular flexibility index (Phi) is 4.93. The van der Waals surface area contributed by atoms with E-state index in [0.29, 0.717) is 12.1 Å². The summed E-state index contributed by atoms with van der Waals surface area (Å²) >= 11 is 1.67. The zero-order chi connectivity index (χ0) is 15.2. The zero-order valence-corrected chi connectivity index (χ0v) is 12.9. The first-order valence-electron chi connectivity index (χ1n) is 7.27. The van der Waals surface area contributed by atoms with Gasteiger partial charge in [0.15, 0.2) is 0 Å². The van der Waals surface area contributed by atoms with E-state index < -0.39 is 0 Å². The van der Waals surface area contributed by atoms with Crippen molar-refractivity contribution in [3.8, 4) is 11.3 Å². The summed E-state index contributed by atoms with van der Waals surface area (Å²) in [6.45, 7) is 1.33. The van der Waals surface area contributed by atoms with Crippen LogP contribution in [0.2, 0.25) is 0 Å². The molecule has 0 radical (unpaired) electrons. The Hall–Kier alpha value is -2.04. The molecule has 0 aliphatic rings. The van der Waals surface area contributed by atoms with Crippen molar-refractivity contribution < 1.29 is 4.39 Å². The van der Waals surface area contributed by atoms with Crippen molar-refractivity contribution in [1.82, 2.24) is 10.3 Å². The van der Waals surface area contributed by atoms with Gasteiger partial charge in [0.25, 0.3) is 0 Å². The second-order valence-electron chi connectivity index (χ2n) is 5.01. The summed E-state index contributed by atoms with van der Waals surface area (Å²) < 4.78 is 13.5. The minimum absolute atomic E-state index is 0.157. The molecule has 0 amide bonds. The fourth-order valence-corrected chi connectivity index (χ4v) is 3.03. The van der Waals surface area contributed by atoms with E-state index in [0.717, 1.165) is 29.2 Å². The van der Waals surface area contributed by atoms with Crippen LogP contribution in [0, 0.1) is 5.82 Å². The van der Waals surface area contributed by atoms with Crippen molar-refractivity contribution in [2.75, 3.05) is 6.54 Å². The Balaban J connectivity index is 1.51. The lowest BCUT2D eigenvalue weighted by Gasteiger charge is -2.04. The topological polar surface area (TPSA) is 24.9 Å². The third-order valence-corrected chi connectivity index (χ3v) is 4.32. The summed E-state index contributed by atoms with van der Waals surface area (Å²) in [4.78, 5) is 4.65. The largest absolute Gasteiger partial charge is 0.312 e. The predicted octanol–water partition coefficient (Wildman–Crippen LogP) is 4.28. The van der Waals surface area contributed by atoms with Crippen LogP contribution in [0.1, 0.15) is 10.6 Å². The van der Waals surface area contributed by atoms with E-state index in [-0.39, 0.29) is 5.82 Å². The lowest BCUT2D eigenvalue weighted by atomic mass is 10.2. The summed E-state index contributed by atoms with van der Waals surface area (Å²) in [5.41, 5.74) is 2.87. The van der Waals surface area contributed by atoms with E-state index in [9.17, 15) is 4.39 Å². The molecule has 0 atom stereocenters. The van der Waals surface area contributed by atoms with Gasteiger partial charge in [0.2, 0.25) is 0 Å². The number of rotatable bonds is 6. The first-order chi connectivity index (χ1) is 10.8. The van der Waals surface area contributed by atoms with Gasteiger partial charge in [-0.2, -0.15) is 0 Å². The molecule has 0 aliphatic carbocycles. The zero-order valence-electron chi connectivity index (χ0n) is 12.1. The summed E-state index contributed by atoms with van der Waals surface area (Å²) in [5, 5.41) is 6.45. The lowest BCUT2D eigenvalue weighted by molar-refractivity contribution is 0.588. The van der Waals surface area contributed by atoms with E-state index in [1.165, 1.54) is 6.07 Å². The van der Waals surface area contributed by atoms with Gasteiger partial charge in [0, 0.05) is 36.0 Å². The average Bonchev–Trinajstić information content (AvgIpc) is 3.03. The molecule has 0 aliphatic heterocycles. The molecule has 1 aromatic heterocycles. The highest BCUT2D eigenvalue weighted by Gasteiger charge is 2.04. The molecule has 1 N–H and O–H groups in total. The number of benzene rings is 2. The van der Waals surface area contributed by atoms with Gasteiger partial charge in [0.1, 0.15) is 5.82 Å². The normalized spacial score (nSPS) is 10.8. The first kappa shape index (κ1) is 14.9. The van der Waals surface area contributed by atoms with Gasteiger partial charge < -0.3 is 5.32 Å². The van der Waals surface area contributed by atoms with Gasteiger partial charge in [-0.3, -0.25) is 0 Å². The Bertz CT molecular complexity index is 725. The number of hydrogen-bond acceptors (Lipinski definition) is 3. The number of hydrogen-bond donors (Lipinski definition) is 1. The molecule has 0 saturated heterocycles. The molecule has 4 heteroatoms. The van der Waals surface area contributed by atoms with Crippen LogP contribution in [0.5, 0.6) is 0 Å². The molecule has 0 fully saturated rings. The molecule has 112 valence electrons. The molecular formula is C18H17FN2S. The molecule has 2 aromatic carbocycles. The van der Waals surface area contributed by atoms with Crippen LogP contribution >= 0.6 is 11.3 Å². The third kappa shape index (κ3) is 3.78. The fourth-order valence-electron chi connectivity index (χ4n) is 2.23. The maximum Gasteiger partial charge on any atom is 0.127 e. The Morgan fingerprint density at radius 2 is 1.77 bits per heavy atom. The number of halogens is 1. The van der Waals surface area contributed by atoms with E-state index in [1.807, 2.05) is 24.3 Å². The first-order valence-corrected chi connectivity index (χ1v) is 8.15. The highest BCUT2D eigenvalue weighted by atomic mass is 32.1. The van der Waals surface area contributed by atoms with Gasteiger partial charge in [-0.15, -0.1) is 11.3 Å². The van der Waals surface area contributed by atoms with E-state index in [1.54, 1.807) is 23.5 Å². The summed E-state index contributed by atoms with van der Waals surface area (Å²) in [7, 11) is 0. The second-order valence-corrected chi connectivity index (χ2v) is 5.95. The van der Waals surface area contributed by atoms with Gasteiger partial charge in [-0.25, -0.2) is 9.37 Å². The standard InChI is InChI=1S/C18H17FN2S/c19-16-9-5-4-8-15(16)12-20-11-10-18-21-17(13-22-18)14-6-2-1-3-7-14/h1-9,13,20H,10-12H2. The highest BCUT2D eigenvalue weighted by molar-refractivity contribution is 7.09. The van der Waals surface area contributed by atoms with Crippen LogP contribution in [-0.4, -0.2) is 11.5 Å². The molecular weight excluding hydrogens is 295 g/mol. The number of nitrogens with one attached hydrogen (secondary N) is 1. The Labute approximate surface area is 133 Å². The highest BCUT2D eigenvalue weighted by Crippen LogP contribution is 2.21. The molecule has 0 bridgehead atoms. The maximum absolute atomic E-state index is 13.5. The number of aromatic nitrogens is 1. The van der Waals surface area contributed by atoms with Gasteiger partial charge in [0.05, 0.1) is 10.7 Å². The number of nitrogens with zero attached hydrogens (tertiary/aromatic N) is 1. The van der Waals surface area contributed by atoms with Crippen molar-refractivity contribution in [2.24, 2.45) is 0 Å². The Morgan fingerprint density at radius 1 is 1.00 bits per heavy atom. The van der Waals surface area contributed by atoms with E-state index in [2.05, 4.69) is 27.8 Å². The van der Waals surface area contributed by atoms with E-state index in [4.69, 9.17) is 0 Å². The number of thiazole rings is 1. The summed E-state index contributed by atoms with van der Waals surface area (Å²) in [6, 6.07) is 17.0. The van der Waals surface area contributed by atoms with Crippen LogP contribution in [0.25, 0.3) is 11.3 Å². The van der Waals surface area contributed by atoms with Crippen LogP contribution in [0.15, 0.2) is 60.0 Å². The third-order valence-electron chi connectivity index (χ3n) is 3.41. The maximum atomic E-state index is 13.5. The molecule has 22 heavy (non-hydrogen) atoms. The van der Waals surface area contributed by atoms with E-state index >= 15 is 0 Å². The monoisotopic (exact) mass is 312 g/mol. The van der Waals surface area contributed by atoms with Gasteiger partial charge >= 0.3 is 0 Å². The van der Waals surface area contributed by atoms with Crippen molar-refractivity contribution in [3.63, 3.8) is 0 Å². The molecule has 0 unspecified atom stereocenters. The van der Waals surface area contributed by atoms with Gasteiger partial charge in [-0.1, -0.05) is 48.5 Å². The van der Waals surface area contributed by atoms with Crippen LogP contribution < -0.4 is 5.32 Å². The quantitative estimate of drug-likeness (QED) is 0.687. The van der Waals surface area contributed by atoms with Crippen molar-refractivity contribution >= 4 is 11.3 Å². The molecule has 2 nitrogen and oxygen atoms in total. The molecule has 0 spiro atoms. The molecule has 3 rings (SSSR count). The van der Waals surface area contributed by atoms with Crippen molar-refractivity contribution in [3.05, 3.63) is 76.4 Å². The smallest absolute Gasteiger partial charge is 0.127 e. The molecule has 1 heterocycles. The van der Waals surface area contributed by atoms with Crippen molar-refractivity contribution in [2.45, 2.75) is 13.0 Å². The van der Waals surface area contributed by atoms with Gasteiger partial charge in [-0.05, 0) is 6.07 Å². The fraction of sp³-hybridized carbons (Fsp3) is 0.167. The van der Waals surface area contributed by atoms with Crippen molar-refractivity contribution in [1.29, 1.82) is 0 Å². The van der Waals surface area contributed by atoms with Crippen LogP contribution in [0.4, 0.5) is 4.39 Å². The summed E-state index contributed by atoms with van der Waals surface area (Å²) in [5.74, 6) is -0.157. The summed E-state index contributed by atoms with van der Waals surface area (Å²) in [6.07, 6.45) is 0.853. The Morgan fingerprint density at radius 3 is 2.59 bits per heavy atom. The minimum Gasteiger partial charge on any atom is -0.312 e. The average molecular weight is 312 g/mol. The molecule has 3 aromatic rings. The SMILES string of the molecule is Fc1ccccc1CNCCc1nc(-c2ccccc2)cs1. The molecule has 0 saturated carbocycles. The minimum atomic E-state index is -0.157. The second kappa shape index (κ2) is 7.29. The lowest BCUT2D eigenvalue weighted by Crippen LogP contribution is -2.17. The van der Waals surface area contributed by atoms with Crippen LogP contribution in [0.3, 0.4) is 0 Å². The van der Waals surface area contributed by atoms with Crippen LogP contribution in [-0.2, 0) is 13.0 Å². The predicted molar refractivity (Wildman–Crippen MR) is 89.4 cm³/mol.